The van der Waals surface area contributed by atoms with Gasteiger partial charge >= 0.3 is 0 Å². The minimum Gasteiger partial charge on any atom is -0.339 e. The van der Waals surface area contributed by atoms with Crippen LogP contribution < -0.4 is 0 Å². The highest BCUT2D eigenvalue weighted by atomic mass is 19.1. The molecule has 2 aliphatic rings. The Morgan fingerprint density at radius 1 is 0.806 bits per heavy atom. The van der Waals surface area contributed by atoms with E-state index in [1.165, 1.54) is 12.1 Å². The first-order valence-electron chi connectivity index (χ1n) is 10.7. The monoisotopic (exact) mass is 417 g/mol. The van der Waals surface area contributed by atoms with Crippen molar-refractivity contribution in [3.8, 4) is 5.69 Å². The molecule has 5 rings (SSSR count). The highest BCUT2D eigenvalue weighted by Gasteiger charge is 2.46. The average molecular weight is 417 g/mol. The number of amides is 2. The minimum absolute atomic E-state index is 0.00163. The number of halogens is 1. The van der Waals surface area contributed by atoms with Gasteiger partial charge in [-0.2, -0.15) is 0 Å². The number of hydrogen-bond acceptors (Lipinski definition) is 2. The fourth-order valence-electron chi connectivity index (χ4n) is 4.38. The summed E-state index contributed by atoms with van der Waals surface area (Å²) in [5.41, 5.74) is 2.70. The molecule has 2 unspecified atom stereocenters. The van der Waals surface area contributed by atoms with Crippen molar-refractivity contribution in [2.24, 2.45) is 5.92 Å². The van der Waals surface area contributed by atoms with Gasteiger partial charge in [0.1, 0.15) is 5.82 Å². The van der Waals surface area contributed by atoms with Crippen molar-refractivity contribution in [3.63, 3.8) is 0 Å². The van der Waals surface area contributed by atoms with Crippen molar-refractivity contribution in [3.05, 3.63) is 90.0 Å². The van der Waals surface area contributed by atoms with Gasteiger partial charge in [0, 0.05) is 55.7 Å². The maximum atomic E-state index is 13.1. The van der Waals surface area contributed by atoms with Crippen LogP contribution in [0.15, 0.2) is 73.1 Å². The molecule has 1 aromatic heterocycles. The topological polar surface area (TPSA) is 45.6 Å². The molecule has 1 aliphatic carbocycles. The Labute approximate surface area is 180 Å². The molecule has 0 N–H and O–H groups in total. The summed E-state index contributed by atoms with van der Waals surface area (Å²) in [6.07, 6.45) is 4.75. The van der Waals surface area contributed by atoms with E-state index in [0.717, 1.165) is 17.7 Å². The number of carbonyl (C=O) groups is 2. The molecule has 3 aromatic rings. The molecule has 0 radical (unpaired) electrons. The van der Waals surface area contributed by atoms with E-state index in [9.17, 15) is 14.0 Å². The average Bonchev–Trinajstić information content (AvgIpc) is 3.42. The van der Waals surface area contributed by atoms with E-state index >= 15 is 0 Å². The Morgan fingerprint density at radius 3 is 2.06 bits per heavy atom. The van der Waals surface area contributed by atoms with Crippen LogP contribution in [0.5, 0.6) is 0 Å². The molecular formula is C25H24FN3O2. The normalized spacial score (nSPS) is 20.5. The number of aromatic nitrogens is 1. The van der Waals surface area contributed by atoms with Crippen LogP contribution in [-0.2, 0) is 4.79 Å². The van der Waals surface area contributed by atoms with E-state index in [0.29, 0.717) is 31.7 Å². The lowest BCUT2D eigenvalue weighted by Crippen LogP contribution is -2.51. The van der Waals surface area contributed by atoms with Crippen LogP contribution in [0.1, 0.15) is 28.3 Å². The quantitative estimate of drug-likeness (QED) is 0.650. The van der Waals surface area contributed by atoms with E-state index < -0.39 is 0 Å². The summed E-state index contributed by atoms with van der Waals surface area (Å²) in [4.78, 5) is 29.4. The van der Waals surface area contributed by atoms with Crippen molar-refractivity contribution in [1.82, 2.24) is 14.4 Å². The number of hydrogen-bond donors (Lipinski definition) is 0. The van der Waals surface area contributed by atoms with E-state index in [1.807, 2.05) is 63.2 Å². The zero-order valence-electron chi connectivity index (χ0n) is 17.2. The van der Waals surface area contributed by atoms with Gasteiger partial charge in [0.25, 0.3) is 5.91 Å². The summed E-state index contributed by atoms with van der Waals surface area (Å²) in [6.45, 7) is 2.19. The maximum absolute atomic E-state index is 13.1. The second kappa shape index (κ2) is 8.02. The third-order valence-electron chi connectivity index (χ3n) is 6.30. The van der Waals surface area contributed by atoms with Crippen LogP contribution in [-0.4, -0.2) is 52.4 Å². The number of rotatable bonds is 4. The van der Waals surface area contributed by atoms with Crippen molar-refractivity contribution in [2.45, 2.75) is 12.3 Å². The lowest BCUT2D eigenvalue weighted by molar-refractivity contribution is -0.134. The van der Waals surface area contributed by atoms with Crippen LogP contribution in [0.2, 0.25) is 0 Å². The third kappa shape index (κ3) is 3.98. The van der Waals surface area contributed by atoms with Crippen molar-refractivity contribution in [2.75, 3.05) is 26.2 Å². The lowest BCUT2D eigenvalue weighted by atomic mass is 10.1. The fraction of sp³-hybridized carbons (Fsp3) is 0.280. The number of piperazine rings is 1. The van der Waals surface area contributed by atoms with E-state index in [1.54, 1.807) is 12.1 Å². The number of benzene rings is 2. The highest BCUT2D eigenvalue weighted by molar-refractivity contribution is 5.94. The van der Waals surface area contributed by atoms with Crippen LogP contribution in [0.4, 0.5) is 4.39 Å². The second-order valence-electron chi connectivity index (χ2n) is 8.25. The Bertz CT molecular complexity index is 1070. The molecule has 1 saturated heterocycles. The first-order chi connectivity index (χ1) is 15.1. The first kappa shape index (κ1) is 19.5. The standard InChI is InChI=1S/C25H24FN3O2/c26-20-7-3-18(4-8-20)22-17-23(22)25(31)29-15-13-28(14-16-29)24(30)19-5-9-21(10-6-19)27-11-1-2-12-27/h1-12,22-23H,13-17H2. The van der Waals surface area contributed by atoms with Crippen molar-refractivity contribution < 1.29 is 14.0 Å². The molecule has 31 heavy (non-hydrogen) atoms. The maximum Gasteiger partial charge on any atom is 0.253 e. The van der Waals surface area contributed by atoms with Gasteiger partial charge in [0.2, 0.25) is 5.91 Å². The van der Waals surface area contributed by atoms with Crippen LogP contribution in [0.25, 0.3) is 5.69 Å². The number of carbonyl (C=O) groups excluding carboxylic acids is 2. The summed E-state index contributed by atoms with van der Waals surface area (Å²) < 4.78 is 15.1. The van der Waals surface area contributed by atoms with Gasteiger partial charge in [-0.1, -0.05) is 12.1 Å². The molecule has 2 aromatic carbocycles. The molecule has 158 valence electrons. The predicted octanol–water partition coefficient (Wildman–Crippen LogP) is 3.70. The predicted molar refractivity (Wildman–Crippen MR) is 116 cm³/mol. The first-order valence-corrected chi connectivity index (χ1v) is 10.7. The van der Waals surface area contributed by atoms with E-state index in [2.05, 4.69) is 0 Å². The molecule has 1 aliphatic heterocycles. The molecule has 0 spiro atoms. The molecule has 2 heterocycles. The van der Waals surface area contributed by atoms with E-state index in [4.69, 9.17) is 0 Å². The smallest absolute Gasteiger partial charge is 0.253 e. The van der Waals surface area contributed by atoms with Gasteiger partial charge in [-0.05, 0) is 66.4 Å². The van der Waals surface area contributed by atoms with Gasteiger partial charge in [-0.15, -0.1) is 0 Å². The summed E-state index contributed by atoms with van der Waals surface area (Å²) in [7, 11) is 0. The van der Waals surface area contributed by atoms with Gasteiger partial charge in [-0.25, -0.2) is 4.39 Å². The molecule has 6 heteroatoms. The Kier molecular flexibility index (Phi) is 5.06. The third-order valence-corrected chi connectivity index (χ3v) is 6.30. The zero-order chi connectivity index (χ0) is 21.4. The minimum atomic E-state index is -0.257. The molecular weight excluding hydrogens is 393 g/mol. The largest absolute Gasteiger partial charge is 0.339 e. The number of nitrogens with zero attached hydrogens (tertiary/aromatic N) is 3. The fourth-order valence-corrected chi connectivity index (χ4v) is 4.38. The molecule has 5 nitrogen and oxygen atoms in total. The Morgan fingerprint density at radius 2 is 1.42 bits per heavy atom. The molecule has 2 fully saturated rings. The van der Waals surface area contributed by atoms with Gasteiger partial charge in [0.05, 0.1) is 0 Å². The van der Waals surface area contributed by atoms with Gasteiger partial charge < -0.3 is 14.4 Å². The summed E-state index contributed by atoms with van der Waals surface area (Å²) in [6, 6.07) is 17.9. The van der Waals surface area contributed by atoms with Gasteiger partial charge in [0.15, 0.2) is 0 Å². The van der Waals surface area contributed by atoms with Crippen LogP contribution in [0.3, 0.4) is 0 Å². The van der Waals surface area contributed by atoms with Crippen LogP contribution in [0, 0.1) is 11.7 Å². The molecule has 1 saturated carbocycles. The van der Waals surface area contributed by atoms with Crippen molar-refractivity contribution in [1.29, 1.82) is 0 Å². The summed E-state index contributed by atoms with van der Waals surface area (Å²) in [5.74, 6) is 0.0622. The Hall–Kier alpha value is -3.41. The Balaban J connectivity index is 1.15. The lowest BCUT2D eigenvalue weighted by Gasteiger charge is -2.35. The van der Waals surface area contributed by atoms with Crippen LogP contribution >= 0.6 is 0 Å². The molecule has 0 bridgehead atoms. The second-order valence-corrected chi connectivity index (χ2v) is 8.25. The van der Waals surface area contributed by atoms with Crippen molar-refractivity contribution >= 4 is 11.8 Å². The molecule has 2 atom stereocenters. The highest BCUT2D eigenvalue weighted by Crippen LogP contribution is 2.48. The van der Waals surface area contributed by atoms with Gasteiger partial charge in [-0.3, -0.25) is 9.59 Å². The summed E-state index contributed by atoms with van der Waals surface area (Å²) >= 11 is 0. The molecule has 2 amide bonds. The zero-order valence-corrected chi connectivity index (χ0v) is 17.2. The van der Waals surface area contributed by atoms with E-state index in [-0.39, 0.29) is 29.5 Å². The SMILES string of the molecule is O=C(c1ccc(-n2cccc2)cc1)N1CCN(C(=O)C2CC2c2ccc(F)cc2)CC1. The summed E-state index contributed by atoms with van der Waals surface area (Å²) in [5, 5.41) is 0.